The molecule has 0 spiro atoms. The topological polar surface area (TPSA) is 43.2 Å². The Morgan fingerprint density at radius 1 is 0.840 bits per heavy atom. The molecule has 0 amide bonds. The summed E-state index contributed by atoms with van der Waals surface area (Å²) in [4.78, 5) is 0. The third-order valence-corrected chi connectivity index (χ3v) is 4.90. The molecule has 4 heteroatoms. The summed E-state index contributed by atoms with van der Waals surface area (Å²) in [5, 5.41) is 8.85. The average molecular weight is 327 g/mol. The van der Waals surface area contributed by atoms with Crippen LogP contribution in [-0.2, 0) is 10.3 Å². The first kappa shape index (κ1) is 14.4. The molecule has 4 nitrogen and oxygen atoms in total. The van der Waals surface area contributed by atoms with Gasteiger partial charge in [-0.1, -0.05) is 78.0 Å². The highest BCUT2D eigenvalue weighted by atomic mass is 16.6. The molecule has 5 rings (SSSR count). The molecule has 3 aromatic carbocycles. The van der Waals surface area contributed by atoms with E-state index in [0.717, 1.165) is 11.0 Å². The van der Waals surface area contributed by atoms with Crippen LogP contribution in [0.5, 0.6) is 0 Å². The molecule has 1 aromatic heterocycles. The second-order valence-electron chi connectivity index (χ2n) is 6.38. The Bertz CT molecular complexity index is 1010. The summed E-state index contributed by atoms with van der Waals surface area (Å²) in [6, 6.07) is 28.8. The Kier molecular flexibility index (Phi) is 3.18. The van der Waals surface area contributed by atoms with Crippen molar-refractivity contribution in [3.63, 3.8) is 0 Å². The van der Waals surface area contributed by atoms with Crippen LogP contribution >= 0.6 is 0 Å². The molecule has 0 bridgehead atoms. The Balaban J connectivity index is 1.74. The van der Waals surface area contributed by atoms with Crippen LogP contribution in [0.2, 0.25) is 0 Å². The summed E-state index contributed by atoms with van der Waals surface area (Å²) in [6.07, 6.45) is 0. The van der Waals surface area contributed by atoms with E-state index < -0.39 is 5.60 Å². The first-order valence-electron chi connectivity index (χ1n) is 8.43. The molecular formula is C21H17N3O. The smallest absolute Gasteiger partial charge is 0.143 e. The van der Waals surface area contributed by atoms with E-state index in [2.05, 4.69) is 64.9 Å². The van der Waals surface area contributed by atoms with Gasteiger partial charge >= 0.3 is 0 Å². The van der Waals surface area contributed by atoms with Gasteiger partial charge in [-0.15, -0.1) is 5.10 Å². The fourth-order valence-electron chi connectivity index (χ4n) is 3.60. The van der Waals surface area contributed by atoms with E-state index >= 15 is 0 Å². The van der Waals surface area contributed by atoms with Crippen molar-refractivity contribution in [1.82, 2.24) is 15.0 Å². The van der Waals surface area contributed by atoms with Gasteiger partial charge in [-0.25, -0.2) is 4.68 Å². The fourth-order valence-corrected chi connectivity index (χ4v) is 3.60. The standard InChI is InChI=1S/C21H17N3O/c1-3-9-16(10-4-1)20(21(15-25-21)17-11-5-2-6-12-17)24-19-14-8-7-13-18(19)22-23-24/h1-14,20H,15H2. The Labute approximate surface area is 145 Å². The number of fused-ring (bicyclic) bond motifs is 1. The van der Waals surface area contributed by atoms with Gasteiger partial charge in [0.2, 0.25) is 0 Å². The van der Waals surface area contributed by atoms with E-state index in [1.165, 1.54) is 11.1 Å². The van der Waals surface area contributed by atoms with Gasteiger partial charge in [-0.05, 0) is 23.3 Å². The average Bonchev–Trinajstić information content (AvgIpc) is 3.38. The molecule has 0 radical (unpaired) electrons. The zero-order valence-corrected chi connectivity index (χ0v) is 13.6. The highest BCUT2D eigenvalue weighted by molar-refractivity contribution is 5.74. The monoisotopic (exact) mass is 327 g/mol. The zero-order valence-electron chi connectivity index (χ0n) is 13.6. The third-order valence-electron chi connectivity index (χ3n) is 4.90. The van der Waals surface area contributed by atoms with Gasteiger partial charge in [0.05, 0.1) is 12.1 Å². The number of hydrogen-bond donors (Lipinski definition) is 0. The van der Waals surface area contributed by atoms with Crippen LogP contribution < -0.4 is 0 Å². The number of epoxide rings is 1. The predicted octanol–water partition coefficient (Wildman–Crippen LogP) is 3.95. The van der Waals surface area contributed by atoms with Crippen molar-refractivity contribution in [2.75, 3.05) is 6.61 Å². The predicted molar refractivity (Wildman–Crippen MR) is 96.2 cm³/mol. The molecule has 1 fully saturated rings. The Morgan fingerprint density at radius 3 is 2.20 bits per heavy atom. The molecular weight excluding hydrogens is 310 g/mol. The van der Waals surface area contributed by atoms with Gasteiger partial charge in [-0.2, -0.15) is 0 Å². The zero-order chi connectivity index (χ0) is 16.7. The van der Waals surface area contributed by atoms with Crippen LogP contribution in [0.4, 0.5) is 0 Å². The largest absolute Gasteiger partial charge is 0.362 e. The molecule has 25 heavy (non-hydrogen) atoms. The summed E-state index contributed by atoms with van der Waals surface area (Å²) in [7, 11) is 0. The summed E-state index contributed by atoms with van der Waals surface area (Å²) < 4.78 is 8.09. The lowest BCUT2D eigenvalue weighted by Crippen LogP contribution is -2.28. The maximum atomic E-state index is 6.08. The molecule has 2 unspecified atom stereocenters. The number of aromatic nitrogens is 3. The Morgan fingerprint density at radius 2 is 1.48 bits per heavy atom. The third kappa shape index (κ3) is 2.26. The van der Waals surface area contributed by atoms with Gasteiger partial charge in [0, 0.05) is 0 Å². The van der Waals surface area contributed by atoms with E-state index in [-0.39, 0.29) is 6.04 Å². The summed E-state index contributed by atoms with van der Waals surface area (Å²) in [6.45, 7) is 0.671. The number of ether oxygens (including phenoxy) is 1. The van der Waals surface area contributed by atoms with Crippen molar-refractivity contribution >= 4 is 11.0 Å². The summed E-state index contributed by atoms with van der Waals surface area (Å²) in [5.74, 6) is 0. The SMILES string of the molecule is c1ccc(C(n2nnc3ccccc32)C2(c3ccccc3)CO2)cc1. The second-order valence-corrected chi connectivity index (χ2v) is 6.38. The van der Waals surface area contributed by atoms with Gasteiger partial charge < -0.3 is 4.74 Å². The van der Waals surface area contributed by atoms with Crippen LogP contribution in [0.3, 0.4) is 0 Å². The molecule has 122 valence electrons. The Hall–Kier alpha value is -2.98. The van der Waals surface area contributed by atoms with Crippen molar-refractivity contribution in [3.8, 4) is 0 Å². The fraction of sp³-hybridized carbons (Fsp3) is 0.143. The van der Waals surface area contributed by atoms with E-state index in [1.54, 1.807) is 0 Å². The molecule has 4 aromatic rings. The molecule has 0 saturated carbocycles. The maximum absolute atomic E-state index is 6.08. The number of hydrogen-bond acceptors (Lipinski definition) is 3. The lowest BCUT2D eigenvalue weighted by Gasteiger charge is -2.25. The lowest BCUT2D eigenvalue weighted by atomic mass is 9.87. The minimum atomic E-state index is -0.404. The molecule has 2 atom stereocenters. The first-order chi connectivity index (χ1) is 12.4. The highest BCUT2D eigenvalue weighted by Gasteiger charge is 2.55. The van der Waals surface area contributed by atoms with E-state index in [0.29, 0.717) is 6.61 Å². The van der Waals surface area contributed by atoms with Crippen LogP contribution in [0, 0.1) is 0 Å². The van der Waals surface area contributed by atoms with Crippen LogP contribution in [0.25, 0.3) is 11.0 Å². The van der Waals surface area contributed by atoms with Gasteiger partial charge in [0.1, 0.15) is 17.2 Å². The summed E-state index contributed by atoms with van der Waals surface area (Å²) >= 11 is 0. The van der Waals surface area contributed by atoms with Gasteiger partial charge in [-0.3, -0.25) is 0 Å². The van der Waals surface area contributed by atoms with Crippen molar-refractivity contribution in [1.29, 1.82) is 0 Å². The minimum Gasteiger partial charge on any atom is -0.362 e. The highest BCUT2D eigenvalue weighted by Crippen LogP contribution is 2.51. The molecule has 0 N–H and O–H groups in total. The second kappa shape index (κ2) is 5.53. The number of nitrogens with zero attached hydrogens (tertiary/aromatic N) is 3. The number of benzene rings is 3. The van der Waals surface area contributed by atoms with Gasteiger partial charge in [0.25, 0.3) is 0 Å². The maximum Gasteiger partial charge on any atom is 0.143 e. The van der Waals surface area contributed by atoms with Crippen LogP contribution in [0.15, 0.2) is 84.9 Å². The molecule has 1 saturated heterocycles. The van der Waals surface area contributed by atoms with Crippen LogP contribution in [0.1, 0.15) is 17.2 Å². The van der Waals surface area contributed by atoms with Crippen molar-refractivity contribution in [2.24, 2.45) is 0 Å². The van der Waals surface area contributed by atoms with Crippen molar-refractivity contribution in [2.45, 2.75) is 11.6 Å². The molecule has 1 aliphatic heterocycles. The van der Waals surface area contributed by atoms with E-state index in [4.69, 9.17) is 4.74 Å². The van der Waals surface area contributed by atoms with Crippen molar-refractivity contribution in [3.05, 3.63) is 96.1 Å². The lowest BCUT2D eigenvalue weighted by molar-refractivity contribution is 0.235. The first-order valence-corrected chi connectivity index (χ1v) is 8.43. The quantitative estimate of drug-likeness (QED) is 0.533. The van der Waals surface area contributed by atoms with Crippen molar-refractivity contribution < 1.29 is 4.74 Å². The molecule has 1 aliphatic rings. The van der Waals surface area contributed by atoms with Crippen LogP contribution in [-0.4, -0.2) is 21.6 Å². The van der Waals surface area contributed by atoms with E-state index in [1.807, 2.05) is 35.0 Å². The van der Waals surface area contributed by atoms with E-state index in [9.17, 15) is 0 Å². The normalized spacial score (nSPS) is 20.5. The van der Waals surface area contributed by atoms with Gasteiger partial charge in [0.15, 0.2) is 0 Å². The minimum absolute atomic E-state index is 0.0662. The number of rotatable bonds is 4. The molecule has 2 heterocycles. The summed E-state index contributed by atoms with van der Waals surface area (Å²) in [5.41, 5.74) is 3.84. The molecule has 0 aliphatic carbocycles. The number of para-hydroxylation sites is 1.